The predicted octanol–water partition coefficient (Wildman–Crippen LogP) is 4.02. The van der Waals surface area contributed by atoms with E-state index in [-0.39, 0.29) is 11.7 Å². The van der Waals surface area contributed by atoms with E-state index in [4.69, 9.17) is 9.47 Å². The molecule has 3 aromatic rings. The van der Waals surface area contributed by atoms with Crippen molar-refractivity contribution in [2.24, 2.45) is 0 Å². The summed E-state index contributed by atoms with van der Waals surface area (Å²) in [6.45, 7) is 0.445. The zero-order valence-electron chi connectivity index (χ0n) is 15.5. The highest BCUT2D eigenvalue weighted by atomic mass is 32.1. The molecule has 146 valence electrons. The minimum absolute atomic E-state index is 0.251. The van der Waals surface area contributed by atoms with Crippen LogP contribution in [0.4, 0.5) is 15.2 Å². The van der Waals surface area contributed by atoms with E-state index < -0.39 is 0 Å². The first-order valence-electron chi connectivity index (χ1n) is 8.56. The smallest absolute Gasteiger partial charge is 0.270 e. The molecule has 0 saturated heterocycles. The summed E-state index contributed by atoms with van der Waals surface area (Å²) in [5.41, 5.74) is 2.07. The molecule has 2 N–H and O–H groups in total. The molecule has 1 aromatic heterocycles. The zero-order chi connectivity index (χ0) is 19.9. The predicted molar refractivity (Wildman–Crippen MR) is 107 cm³/mol. The van der Waals surface area contributed by atoms with Crippen molar-refractivity contribution in [3.8, 4) is 11.5 Å². The Morgan fingerprint density at radius 2 is 1.86 bits per heavy atom. The first kappa shape index (κ1) is 19.6. The Kier molecular flexibility index (Phi) is 6.44. The van der Waals surface area contributed by atoms with Gasteiger partial charge in [-0.25, -0.2) is 9.37 Å². The molecule has 0 bridgehead atoms. The van der Waals surface area contributed by atoms with Gasteiger partial charge in [-0.3, -0.25) is 4.79 Å². The molecule has 28 heavy (non-hydrogen) atoms. The van der Waals surface area contributed by atoms with E-state index in [2.05, 4.69) is 15.6 Å². The fraction of sp³-hybridized carbons (Fsp3) is 0.200. The maximum absolute atomic E-state index is 12.9. The number of hydrogen-bond donors (Lipinski definition) is 2. The van der Waals surface area contributed by atoms with Gasteiger partial charge in [-0.2, -0.15) is 0 Å². The van der Waals surface area contributed by atoms with Crippen molar-refractivity contribution >= 4 is 28.1 Å². The molecule has 0 unspecified atom stereocenters. The van der Waals surface area contributed by atoms with Gasteiger partial charge in [0.1, 0.15) is 11.5 Å². The molecule has 2 aromatic carbocycles. The average Bonchev–Trinajstić information content (AvgIpc) is 3.18. The largest absolute Gasteiger partial charge is 0.493 e. The van der Waals surface area contributed by atoms with Gasteiger partial charge in [0, 0.05) is 23.7 Å². The lowest BCUT2D eigenvalue weighted by Gasteiger charge is -2.09. The van der Waals surface area contributed by atoms with Gasteiger partial charge >= 0.3 is 0 Å². The summed E-state index contributed by atoms with van der Waals surface area (Å²) in [7, 11) is 3.14. The molecular weight excluding hydrogens is 381 g/mol. The lowest BCUT2D eigenvalue weighted by atomic mass is 10.1. The summed E-state index contributed by atoms with van der Waals surface area (Å²) in [4.78, 5) is 16.6. The summed E-state index contributed by atoms with van der Waals surface area (Å²) in [5.74, 6) is 0.708. The topological polar surface area (TPSA) is 72.5 Å². The van der Waals surface area contributed by atoms with Gasteiger partial charge in [-0.05, 0) is 36.2 Å². The van der Waals surface area contributed by atoms with Crippen LogP contribution in [-0.4, -0.2) is 31.7 Å². The molecule has 0 aliphatic carbocycles. The molecule has 1 heterocycles. The Balaban J connectivity index is 1.55. The molecule has 0 fully saturated rings. The van der Waals surface area contributed by atoms with Crippen LogP contribution in [-0.2, 0) is 6.42 Å². The molecule has 0 saturated carbocycles. The van der Waals surface area contributed by atoms with E-state index in [1.807, 2.05) is 6.07 Å². The number of anilines is 2. The number of ether oxygens (including phenoxy) is 2. The molecule has 0 spiro atoms. The Labute approximate surface area is 166 Å². The number of halogens is 1. The summed E-state index contributed by atoms with van der Waals surface area (Å²) < 4.78 is 23.4. The van der Waals surface area contributed by atoms with Crippen LogP contribution in [0.2, 0.25) is 0 Å². The van der Waals surface area contributed by atoms with Crippen molar-refractivity contribution in [3.63, 3.8) is 0 Å². The van der Waals surface area contributed by atoms with Gasteiger partial charge < -0.3 is 20.1 Å². The number of amides is 1. The van der Waals surface area contributed by atoms with E-state index in [1.165, 1.54) is 23.5 Å². The molecule has 0 aliphatic rings. The quantitative estimate of drug-likeness (QED) is 0.597. The Morgan fingerprint density at radius 1 is 1.11 bits per heavy atom. The number of aromatic nitrogens is 1. The number of nitrogens with one attached hydrogen (secondary N) is 2. The minimum Gasteiger partial charge on any atom is -0.493 e. The summed E-state index contributed by atoms with van der Waals surface area (Å²) >= 11 is 1.33. The maximum atomic E-state index is 12.9. The molecular formula is C20H20FN3O3S. The van der Waals surface area contributed by atoms with Gasteiger partial charge in [-0.1, -0.05) is 12.1 Å². The van der Waals surface area contributed by atoms with Crippen molar-refractivity contribution in [1.29, 1.82) is 0 Å². The number of thiazole rings is 1. The molecule has 8 heteroatoms. The third-order valence-corrected chi connectivity index (χ3v) is 4.74. The number of carbonyl (C=O) groups is 1. The van der Waals surface area contributed by atoms with Crippen LogP contribution in [0.1, 0.15) is 16.1 Å². The number of carbonyl (C=O) groups excluding carboxylic acids is 1. The van der Waals surface area contributed by atoms with E-state index in [9.17, 15) is 9.18 Å². The van der Waals surface area contributed by atoms with Crippen molar-refractivity contribution in [2.75, 3.05) is 26.1 Å². The monoisotopic (exact) mass is 401 g/mol. The van der Waals surface area contributed by atoms with Crippen LogP contribution in [0.3, 0.4) is 0 Å². The van der Waals surface area contributed by atoms with Gasteiger partial charge in [0.05, 0.1) is 14.2 Å². The highest BCUT2D eigenvalue weighted by Gasteiger charge is 2.11. The summed E-state index contributed by atoms with van der Waals surface area (Å²) in [6, 6.07) is 11.6. The van der Waals surface area contributed by atoms with Crippen molar-refractivity contribution < 1.29 is 18.7 Å². The third-order valence-electron chi connectivity index (χ3n) is 3.98. The fourth-order valence-electron chi connectivity index (χ4n) is 2.53. The van der Waals surface area contributed by atoms with E-state index in [1.54, 1.807) is 43.9 Å². The fourth-order valence-corrected chi connectivity index (χ4v) is 3.25. The normalized spacial score (nSPS) is 10.4. The second-order valence-corrected chi connectivity index (χ2v) is 6.72. The number of hydrogen-bond acceptors (Lipinski definition) is 6. The van der Waals surface area contributed by atoms with Crippen LogP contribution >= 0.6 is 11.3 Å². The lowest BCUT2D eigenvalue weighted by Crippen LogP contribution is -2.25. The molecule has 0 atom stereocenters. The average molecular weight is 401 g/mol. The van der Waals surface area contributed by atoms with Crippen molar-refractivity contribution in [1.82, 2.24) is 10.3 Å². The van der Waals surface area contributed by atoms with Crippen LogP contribution < -0.4 is 20.1 Å². The number of rotatable bonds is 8. The first-order valence-corrected chi connectivity index (χ1v) is 9.44. The first-order chi connectivity index (χ1) is 13.6. The van der Waals surface area contributed by atoms with Crippen LogP contribution in [0.5, 0.6) is 11.5 Å². The lowest BCUT2D eigenvalue weighted by molar-refractivity contribution is 0.0950. The molecule has 1 amide bonds. The van der Waals surface area contributed by atoms with Crippen molar-refractivity contribution in [2.45, 2.75) is 6.42 Å². The van der Waals surface area contributed by atoms with Crippen LogP contribution in [0, 0.1) is 5.82 Å². The van der Waals surface area contributed by atoms with Gasteiger partial charge in [-0.15, -0.1) is 11.3 Å². The van der Waals surface area contributed by atoms with E-state index in [0.29, 0.717) is 35.3 Å². The maximum Gasteiger partial charge on any atom is 0.270 e. The van der Waals surface area contributed by atoms with Gasteiger partial charge in [0.25, 0.3) is 5.91 Å². The molecule has 3 rings (SSSR count). The summed E-state index contributed by atoms with van der Waals surface area (Å²) in [6.07, 6.45) is 0.618. The molecule has 6 nitrogen and oxygen atoms in total. The Morgan fingerprint density at radius 3 is 2.57 bits per heavy atom. The number of methoxy groups -OCH3 is 2. The van der Waals surface area contributed by atoms with Crippen LogP contribution in [0.15, 0.2) is 47.8 Å². The van der Waals surface area contributed by atoms with E-state index in [0.717, 1.165) is 11.3 Å². The Hall–Kier alpha value is -3.13. The SMILES string of the molecule is COc1ccc(Nc2nc(C(=O)NCCc3ccc(F)cc3)cs2)cc1OC. The third kappa shape index (κ3) is 4.98. The molecule has 0 aliphatic heterocycles. The second-order valence-electron chi connectivity index (χ2n) is 5.87. The minimum atomic E-state index is -0.273. The second kappa shape index (κ2) is 9.18. The number of benzene rings is 2. The zero-order valence-corrected chi connectivity index (χ0v) is 16.3. The van der Waals surface area contributed by atoms with Gasteiger partial charge in [0.2, 0.25) is 0 Å². The van der Waals surface area contributed by atoms with E-state index >= 15 is 0 Å². The highest BCUT2D eigenvalue weighted by Crippen LogP contribution is 2.31. The number of nitrogens with zero attached hydrogens (tertiary/aromatic N) is 1. The Bertz CT molecular complexity index is 944. The van der Waals surface area contributed by atoms with Crippen LogP contribution in [0.25, 0.3) is 0 Å². The van der Waals surface area contributed by atoms with Crippen molar-refractivity contribution in [3.05, 3.63) is 64.9 Å². The summed E-state index contributed by atoms with van der Waals surface area (Å²) in [5, 5.41) is 8.25. The standard InChI is InChI=1S/C20H20FN3O3S/c1-26-17-8-7-15(11-18(17)27-2)23-20-24-16(12-28-20)19(25)22-10-9-13-3-5-14(21)6-4-13/h3-8,11-12H,9-10H2,1-2H3,(H,22,25)(H,23,24). The highest BCUT2D eigenvalue weighted by molar-refractivity contribution is 7.14. The van der Waals surface area contributed by atoms with Gasteiger partial charge in [0.15, 0.2) is 16.6 Å². The molecule has 0 radical (unpaired) electrons.